The van der Waals surface area contributed by atoms with Gasteiger partial charge in [-0.25, -0.2) is 0 Å². The number of methoxy groups -OCH3 is 2. The van der Waals surface area contributed by atoms with Crippen molar-refractivity contribution in [1.82, 2.24) is 5.32 Å². The monoisotopic (exact) mass is 335 g/mol. The molecule has 0 aliphatic heterocycles. The summed E-state index contributed by atoms with van der Waals surface area (Å²) in [5, 5.41) is 12.2. The second kappa shape index (κ2) is 11.2. The number of carbonyl (C=O) groups excluding carboxylic acids is 2. The van der Waals surface area contributed by atoms with E-state index >= 15 is 0 Å². The fourth-order valence-corrected chi connectivity index (χ4v) is 1.89. The summed E-state index contributed by atoms with van der Waals surface area (Å²) >= 11 is 0. The van der Waals surface area contributed by atoms with Crippen molar-refractivity contribution in [1.29, 1.82) is 0 Å². The SMILES string of the molecule is C=C/C(C(=O)NCC(OC)OC)=C(\C=C/C)C(=O)/C(=C/C)C(=C)O. The first-order valence-electron chi connectivity index (χ1n) is 7.30. The second-order valence-electron chi connectivity index (χ2n) is 4.62. The van der Waals surface area contributed by atoms with Gasteiger partial charge in [-0.3, -0.25) is 9.59 Å². The zero-order chi connectivity index (χ0) is 18.7. The molecule has 0 aromatic carbocycles. The molecule has 0 bridgehead atoms. The number of carbonyl (C=O) groups is 2. The van der Waals surface area contributed by atoms with E-state index in [1.54, 1.807) is 19.9 Å². The third-order valence-electron chi connectivity index (χ3n) is 3.12. The van der Waals surface area contributed by atoms with E-state index in [9.17, 15) is 14.7 Å². The summed E-state index contributed by atoms with van der Waals surface area (Å²) in [5.74, 6) is -1.40. The van der Waals surface area contributed by atoms with Gasteiger partial charge in [0.2, 0.25) is 0 Å². The molecule has 2 N–H and O–H groups in total. The first-order valence-corrected chi connectivity index (χ1v) is 7.30. The van der Waals surface area contributed by atoms with Gasteiger partial charge >= 0.3 is 0 Å². The van der Waals surface area contributed by atoms with Gasteiger partial charge in [0.15, 0.2) is 12.1 Å². The number of Topliss-reactive ketones (excluding diaryl/α,β-unsaturated/α-hetero) is 1. The van der Waals surface area contributed by atoms with Crippen molar-refractivity contribution in [2.24, 2.45) is 0 Å². The van der Waals surface area contributed by atoms with Crippen LogP contribution in [0.1, 0.15) is 13.8 Å². The van der Waals surface area contributed by atoms with E-state index < -0.39 is 18.0 Å². The van der Waals surface area contributed by atoms with E-state index in [0.29, 0.717) is 0 Å². The number of aliphatic hydroxyl groups excluding tert-OH is 1. The minimum Gasteiger partial charge on any atom is -0.508 e. The summed E-state index contributed by atoms with van der Waals surface area (Å²) < 4.78 is 9.98. The number of amides is 1. The number of rotatable bonds is 10. The quantitative estimate of drug-likeness (QED) is 0.277. The van der Waals surface area contributed by atoms with Crippen LogP contribution in [0.5, 0.6) is 0 Å². The molecule has 24 heavy (non-hydrogen) atoms. The van der Waals surface area contributed by atoms with Crippen LogP contribution in [-0.4, -0.2) is 43.9 Å². The molecule has 1 amide bonds. The molecule has 0 aliphatic rings. The van der Waals surface area contributed by atoms with Crippen molar-refractivity contribution in [3.8, 4) is 0 Å². The van der Waals surface area contributed by atoms with E-state index in [2.05, 4.69) is 18.5 Å². The molecular formula is C18H25NO5. The van der Waals surface area contributed by atoms with Crippen LogP contribution in [0.3, 0.4) is 0 Å². The van der Waals surface area contributed by atoms with Gasteiger partial charge in [0.25, 0.3) is 5.91 Å². The van der Waals surface area contributed by atoms with Gasteiger partial charge < -0.3 is 19.9 Å². The summed E-state index contributed by atoms with van der Waals surface area (Å²) in [6.45, 7) is 10.4. The number of aliphatic hydroxyl groups is 1. The standard InChI is InChI=1S/C18H25NO5/c1-7-10-15(17(21)13(8-2)12(4)20)14(9-3)18(22)19-11-16(23-5)24-6/h7-10,16,20H,3-4,11H2,1-2,5-6H3,(H,19,22)/b10-7-,13-8+,15-14-. The molecule has 6 heteroatoms. The average Bonchev–Trinajstić information content (AvgIpc) is 2.55. The third kappa shape index (κ3) is 5.98. The Morgan fingerprint density at radius 2 is 1.79 bits per heavy atom. The fraction of sp³-hybridized carbons (Fsp3) is 0.333. The minimum absolute atomic E-state index is 0.0157. The van der Waals surface area contributed by atoms with Gasteiger partial charge in [-0.05, 0) is 13.8 Å². The highest BCUT2D eigenvalue weighted by atomic mass is 16.7. The molecule has 0 heterocycles. The number of ketones is 1. The zero-order valence-corrected chi connectivity index (χ0v) is 14.6. The third-order valence-corrected chi connectivity index (χ3v) is 3.12. The molecule has 0 rings (SSSR count). The van der Waals surface area contributed by atoms with Gasteiger partial charge in [-0.15, -0.1) is 0 Å². The zero-order valence-electron chi connectivity index (χ0n) is 14.6. The summed E-state index contributed by atoms with van der Waals surface area (Å²) in [6, 6.07) is 0. The highest BCUT2D eigenvalue weighted by Crippen LogP contribution is 2.18. The van der Waals surface area contributed by atoms with Gasteiger partial charge in [-0.1, -0.05) is 37.5 Å². The van der Waals surface area contributed by atoms with Crippen molar-refractivity contribution in [3.05, 3.63) is 59.9 Å². The van der Waals surface area contributed by atoms with Crippen molar-refractivity contribution in [2.45, 2.75) is 20.1 Å². The highest BCUT2D eigenvalue weighted by molar-refractivity contribution is 6.17. The predicted molar refractivity (Wildman–Crippen MR) is 93.4 cm³/mol. The van der Waals surface area contributed by atoms with Crippen molar-refractivity contribution in [3.63, 3.8) is 0 Å². The number of ether oxygens (including phenoxy) is 2. The molecule has 6 nitrogen and oxygen atoms in total. The lowest BCUT2D eigenvalue weighted by atomic mass is 9.96. The largest absolute Gasteiger partial charge is 0.508 e. The summed E-state index contributed by atoms with van der Waals surface area (Å²) in [4.78, 5) is 25.0. The second-order valence-corrected chi connectivity index (χ2v) is 4.62. The van der Waals surface area contributed by atoms with E-state index in [4.69, 9.17) is 9.47 Å². The molecule has 132 valence electrons. The van der Waals surface area contributed by atoms with Crippen molar-refractivity contribution >= 4 is 11.7 Å². The molecule has 0 saturated heterocycles. The molecule has 0 radical (unpaired) electrons. The van der Waals surface area contributed by atoms with E-state index in [-0.39, 0.29) is 29.0 Å². The smallest absolute Gasteiger partial charge is 0.252 e. The maximum Gasteiger partial charge on any atom is 0.252 e. The van der Waals surface area contributed by atoms with Crippen molar-refractivity contribution in [2.75, 3.05) is 20.8 Å². The van der Waals surface area contributed by atoms with Crippen LogP contribution < -0.4 is 5.32 Å². The molecule has 0 aliphatic carbocycles. The number of nitrogens with one attached hydrogen (secondary N) is 1. The summed E-state index contributed by atoms with van der Waals surface area (Å²) in [6.07, 6.45) is 5.20. The molecule has 0 atom stereocenters. The van der Waals surface area contributed by atoms with Gasteiger partial charge in [0.1, 0.15) is 5.76 Å². The van der Waals surface area contributed by atoms with Gasteiger partial charge in [0.05, 0.1) is 12.1 Å². The lowest BCUT2D eigenvalue weighted by molar-refractivity contribution is -0.124. The first kappa shape index (κ1) is 21.6. The van der Waals surface area contributed by atoms with Crippen LogP contribution in [0.15, 0.2) is 59.9 Å². The lowest BCUT2D eigenvalue weighted by Gasteiger charge is -2.15. The van der Waals surface area contributed by atoms with Crippen molar-refractivity contribution < 1.29 is 24.2 Å². The number of hydrogen-bond donors (Lipinski definition) is 2. The fourth-order valence-electron chi connectivity index (χ4n) is 1.89. The van der Waals surface area contributed by atoms with Crippen LogP contribution >= 0.6 is 0 Å². The Labute approximate surface area is 142 Å². The number of allylic oxidation sites excluding steroid dienone is 5. The molecule has 0 fully saturated rings. The van der Waals surface area contributed by atoms with E-state index in [0.717, 1.165) is 0 Å². The Bertz CT molecular complexity index is 580. The van der Waals surface area contributed by atoms with Crippen LogP contribution in [-0.2, 0) is 19.1 Å². The predicted octanol–water partition coefficient (Wildman–Crippen LogP) is 2.37. The Morgan fingerprint density at radius 1 is 1.21 bits per heavy atom. The van der Waals surface area contributed by atoms with E-state index in [1.807, 2.05) is 0 Å². The van der Waals surface area contributed by atoms with Gasteiger partial charge in [0, 0.05) is 25.4 Å². The Morgan fingerprint density at radius 3 is 2.17 bits per heavy atom. The summed E-state index contributed by atoms with van der Waals surface area (Å²) in [5.41, 5.74) is 0.186. The average molecular weight is 335 g/mol. The summed E-state index contributed by atoms with van der Waals surface area (Å²) in [7, 11) is 2.90. The molecular weight excluding hydrogens is 310 g/mol. The molecule has 0 aromatic heterocycles. The highest BCUT2D eigenvalue weighted by Gasteiger charge is 2.21. The Hall–Kier alpha value is -2.44. The maximum absolute atomic E-state index is 12.6. The maximum atomic E-state index is 12.6. The Kier molecular flexibility index (Phi) is 10.0. The molecule has 0 unspecified atom stereocenters. The van der Waals surface area contributed by atoms with Crippen LogP contribution in [0.4, 0.5) is 0 Å². The lowest BCUT2D eigenvalue weighted by Crippen LogP contribution is -2.35. The molecule has 0 aromatic rings. The molecule has 0 spiro atoms. The van der Waals surface area contributed by atoms with Crippen LogP contribution in [0.2, 0.25) is 0 Å². The molecule has 0 saturated carbocycles. The van der Waals surface area contributed by atoms with Crippen LogP contribution in [0, 0.1) is 0 Å². The minimum atomic E-state index is -0.607. The normalized spacial score (nSPS) is 13.0. The first-order chi connectivity index (χ1) is 11.4. The number of hydrogen-bond acceptors (Lipinski definition) is 5. The van der Waals surface area contributed by atoms with Gasteiger partial charge in [-0.2, -0.15) is 0 Å². The topological polar surface area (TPSA) is 84.9 Å². The Balaban J connectivity index is 5.74. The van der Waals surface area contributed by atoms with E-state index in [1.165, 1.54) is 32.4 Å². The van der Waals surface area contributed by atoms with Crippen LogP contribution in [0.25, 0.3) is 0 Å².